The van der Waals surface area contributed by atoms with Crippen LogP contribution in [0.1, 0.15) is 18.2 Å². The van der Waals surface area contributed by atoms with E-state index < -0.39 is 0 Å². The van der Waals surface area contributed by atoms with E-state index >= 15 is 0 Å². The molecule has 9 nitrogen and oxygen atoms in total. The number of carbonyl (C=O) groups is 1. The van der Waals surface area contributed by atoms with Gasteiger partial charge in [0.15, 0.2) is 11.5 Å². The summed E-state index contributed by atoms with van der Waals surface area (Å²) in [5.74, 6) is 1.63. The lowest BCUT2D eigenvalue weighted by atomic mass is 10.1. The largest absolute Gasteiger partial charge is 0.494 e. The number of aromatic nitrogens is 6. The number of carbonyl (C=O) groups excluding carboxylic acids is 1. The number of hydrogen-bond donors (Lipinski definition) is 1. The minimum absolute atomic E-state index is 0.169. The Kier molecular flexibility index (Phi) is 6.15. The Balaban J connectivity index is 1.43. The molecule has 0 unspecified atom stereocenters. The lowest BCUT2D eigenvalue weighted by Gasteiger charge is -2.10. The first-order chi connectivity index (χ1) is 17.0. The Morgan fingerprint density at radius 3 is 2.57 bits per heavy atom. The second-order valence-corrected chi connectivity index (χ2v) is 8.29. The van der Waals surface area contributed by atoms with E-state index in [1.165, 1.54) is 6.33 Å². The number of benzene rings is 2. The van der Waals surface area contributed by atoms with Gasteiger partial charge in [-0.15, -0.1) is 0 Å². The molecular weight excluding hydrogens is 466 g/mol. The van der Waals surface area contributed by atoms with Crippen molar-refractivity contribution in [3.8, 4) is 17.3 Å². The molecule has 5 aromatic rings. The number of fused-ring (bicyclic) bond motifs is 1. The van der Waals surface area contributed by atoms with Crippen LogP contribution >= 0.6 is 11.6 Å². The predicted molar refractivity (Wildman–Crippen MR) is 133 cm³/mol. The van der Waals surface area contributed by atoms with E-state index in [-0.39, 0.29) is 12.3 Å². The normalized spacial score (nSPS) is 11.1. The SMILES string of the molecule is CCOc1ccc(CC(=O)Nc2cc(C)nn2-c2ncnc3c2cnn3-c2ccc(Cl)cc2)cc1. The summed E-state index contributed by atoms with van der Waals surface area (Å²) in [6.07, 6.45) is 3.35. The van der Waals surface area contributed by atoms with Gasteiger partial charge in [-0.3, -0.25) is 4.79 Å². The van der Waals surface area contributed by atoms with Crippen LogP contribution < -0.4 is 10.1 Å². The molecule has 0 atom stereocenters. The molecule has 0 saturated carbocycles. The number of anilines is 1. The maximum absolute atomic E-state index is 12.8. The maximum Gasteiger partial charge on any atom is 0.229 e. The third kappa shape index (κ3) is 4.71. The van der Waals surface area contributed by atoms with Gasteiger partial charge in [0.2, 0.25) is 5.91 Å². The molecular formula is C25H22ClN7O2. The highest BCUT2D eigenvalue weighted by molar-refractivity contribution is 6.30. The van der Waals surface area contributed by atoms with Crippen LogP contribution in [0.2, 0.25) is 5.02 Å². The lowest BCUT2D eigenvalue weighted by molar-refractivity contribution is -0.115. The average molecular weight is 488 g/mol. The molecule has 0 aliphatic heterocycles. The van der Waals surface area contributed by atoms with Crippen molar-refractivity contribution in [1.29, 1.82) is 0 Å². The fourth-order valence-corrected chi connectivity index (χ4v) is 3.89. The average Bonchev–Trinajstić information content (AvgIpc) is 3.44. The number of amides is 1. The van der Waals surface area contributed by atoms with Crippen LogP contribution in [0.4, 0.5) is 5.82 Å². The summed E-state index contributed by atoms with van der Waals surface area (Å²) < 4.78 is 8.77. The van der Waals surface area contributed by atoms with Gasteiger partial charge in [0.25, 0.3) is 0 Å². The Morgan fingerprint density at radius 1 is 1.06 bits per heavy atom. The smallest absolute Gasteiger partial charge is 0.229 e. The van der Waals surface area contributed by atoms with Crippen molar-refractivity contribution in [3.63, 3.8) is 0 Å². The van der Waals surface area contributed by atoms with Crippen LogP contribution in [0.3, 0.4) is 0 Å². The molecule has 3 aromatic heterocycles. The van der Waals surface area contributed by atoms with Crippen molar-refractivity contribution in [2.45, 2.75) is 20.3 Å². The van der Waals surface area contributed by atoms with E-state index in [9.17, 15) is 4.79 Å². The van der Waals surface area contributed by atoms with Gasteiger partial charge in [-0.1, -0.05) is 23.7 Å². The van der Waals surface area contributed by atoms with Gasteiger partial charge in [0, 0.05) is 11.1 Å². The van der Waals surface area contributed by atoms with Gasteiger partial charge in [0.05, 0.1) is 36.0 Å². The van der Waals surface area contributed by atoms with E-state index in [4.69, 9.17) is 16.3 Å². The third-order valence-corrected chi connectivity index (χ3v) is 5.57. The topological polar surface area (TPSA) is 99.8 Å². The van der Waals surface area contributed by atoms with Gasteiger partial charge >= 0.3 is 0 Å². The van der Waals surface area contributed by atoms with Gasteiger partial charge in [-0.05, 0) is 55.8 Å². The van der Waals surface area contributed by atoms with Crippen LogP contribution in [0.25, 0.3) is 22.5 Å². The maximum atomic E-state index is 12.8. The molecule has 0 saturated heterocycles. The molecule has 2 aromatic carbocycles. The van der Waals surface area contributed by atoms with Crippen molar-refractivity contribution in [2.75, 3.05) is 11.9 Å². The summed E-state index contributed by atoms with van der Waals surface area (Å²) in [7, 11) is 0. The van der Waals surface area contributed by atoms with Gasteiger partial charge in [-0.25, -0.2) is 14.6 Å². The fraction of sp³-hybridized carbons (Fsp3) is 0.160. The molecule has 3 heterocycles. The molecule has 0 aliphatic rings. The Labute approximate surface area is 206 Å². The summed E-state index contributed by atoms with van der Waals surface area (Å²) in [6, 6.07) is 16.6. The molecule has 10 heteroatoms. The highest BCUT2D eigenvalue weighted by Crippen LogP contribution is 2.25. The molecule has 0 aliphatic carbocycles. The van der Waals surface area contributed by atoms with Crippen molar-refractivity contribution < 1.29 is 9.53 Å². The first-order valence-corrected chi connectivity index (χ1v) is 11.4. The van der Waals surface area contributed by atoms with Crippen LogP contribution in [-0.4, -0.2) is 42.0 Å². The molecule has 176 valence electrons. The van der Waals surface area contributed by atoms with Gasteiger partial charge in [0.1, 0.15) is 17.9 Å². The quantitative estimate of drug-likeness (QED) is 0.361. The number of aryl methyl sites for hydroxylation is 1. The summed E-state index contributed by atoms with van der Waals surface area (Å²) >= 11 is 6.02. The molecule has 5 rings (SSSR count). The third-order valence-electron chi connectivity index (χ3n) is 5.31. The predicted octanol–water partition coefficient (Wildman–Crippen LogP) is 4.54. The zero-order chi connectivity index (χ0) is 24.4. The molecule has 0 bridgehead atoms. The second-order valence-electron chi connectivity index (χ2n) is 7.85. The van der Waals surface area contributed by atoms with Gasteiger partial charge < -0.3 is 10.1 Å². The summed E-state index contributed by atoms with van der Waals surface area (Å²) in [4.78, 5) is 21.7. The number of rotatable bonds is 7. The fourth-order valence-electron chi connectivity index (χ4n) is 3.76. The Hall–Kier alpha value is -4.24. The van der Waals surface area contributed by atoms with Crippen LogP contribution in [0.15, 0.2) is 67.1 Å². The molecule has 35 heavy (non-hydrogen) atoms. The zero-order valence-electron chi connectivity index (χ0n) is 19.1. The van der Waals surface area contributed by atoms with E-state index in [1.807, 2.05) is 50.2 Å². The first kappa shape index (κ1) is 22.5. The lowest BCUT2D eigenvalue weighted by Crippen LogP contribution is -2.17. The number of hydrogen-bond acceptors (Lipinski definition) is 6. The standard InChI is InChI=1S/C25H22ClN7O2/c1-3-35-20-10-4-17(5-11-20)13-23(34)30-22-12-16(2)31-33(22)25-21-14-29-32(24(21)27-15-28-25)19-8-6-18(26)7-9-19/h4-12,14-15H,3,13H2,1-2H3,(H,30,34). The van der Waals surface area contributed by atoms with Crippen LogP contribution in [-0.2, 0) is 11.2 Å². The molecule has 1 amide bonds. The molecule has 1 N–H and O–H groups in total. The number of nitrogens with zero attached hydrogens (tertiary/aromatic N) is 6. The first-order valence-electron chi connectivity index (χ1n) is 11.0. The van der Waals surface area contributed by atoms with Crippen molar-refractivity contribution >= 4 is 34.4 Å². The van der Waals surface area contributed by atoms with E-state index in [0.29, 0.717) is 34.3 Å². The van der Waals surface area contributed by atoms with Crippen LogP contribution in [0.5, 0.6) is 5.75 Å². The van der Waals surface area contributed by atoms with Crippen molar-refractivity contribution in [2.24, 2.45) is 0 Å². The van der Waals surface area contributed by atoms with Crippen molar-refractivity contribution in [1.82, 2.24) is 29.5 Å². The summed E-state index contributed by atoms with van der Waals surface area (Å²) in [5, 5.41) is 13.3. The number of ether oxygens (including phenoxy) is 1. The Bertz CT molecular complexity index is 1490. The monoisotopic (exact) mass is 487 g/mol. The summed E-state index contributed by atoms with van der Waals surface area (Å²) in [6.45, 7) is 4.38. The highest BCUT2D eigenvalue weighted by atomic mass is 35.5. The summed E-state index contributed by atoms with van der Waals surface area (Å²) in [5.41, 5.74) is 3.03. The highest BCUT2D eigenvalue weighted by Gasteiger charge is 2.18. The van der Waals surface area contributed by atoms with E-state index in [2.05, 4.69) is 25.5 Å². The second kappa shape index (κ2) is 9.55. The zero-order valence-corrected chi connectivity index (χ0v) is 19.9. The van der Waals surface area contributed by atoms with Gasteiger partial charge in [-0.2, -0.15) is 14.9 Å². The van der Waals surface area contributed by atoms with E-state index in [1.54, 1.807) is 33.8 Å². The minimum atomic E-state index is -0.169. The Morgan fingerprint density at radius 2 is 1.83 bits per heavy atom. The van der Waals surface area contributed by atoms with E-state index in [0.717, 1.165) is 22.7 Å². The molecule has 0 spiro atoms. The minimum Gasteiger partial charge on any atom is -0.494 e. The number of halogens is 1. The molecule has 0 fully saturated rings. The number of nitrogens with one attached hydrogen (secondary N) is 1. The van der Waals surface area contributed by atoms with Crippen LogP contribution in [0, 0.1) is 6.92 Å². The van der Waals surface area contributed by atoms with Crippen molar-refractivity contribution in [3.05, 3.63) is 83.4 Å². The molecule has 0 radical (unpaired) electrons.